The summed E-state index contributed by atoms with van der Waals surface area (Å²) in [6.07, 6.45) is 0. The fourth-order valence-corrected chi connectivity index (χ4v) is 2.27. The second-order valence-corrected chi connectivity index (χ2v) is 4.36. The van der Waals surface area contributed by atoms with E-state index in [0.717, 1.165) is 16.5 Å². The summed E-state index contributed by atoms with van der Waals surface area (Å²) in [5, 5.41) is 17.9. The Morgan fingerprint density at radius 3 is 2.95 bits per heavy atom. The van der Waals surface area contributed by atoms with Crippen molar-refractivity contribution in [3.63, 3.8) is 0 Å². The quantitative estimate of drug-likeness (QED) is 0.778. The molecule has 6 nitrogen and oxygen atoms in total. The predicted octanol–water partition coefficient (Wildman–Crippen LogP) is 2.58. The number of nitrogens with zero attached hydrogens (tertiary/aromatic N) is 3. The molecule has 0 amide bonds. The van der Waals surface area contributed by atoms with E-state index in [0.29, 0.717) is 10.8 Å². The first-order valence-corrected chi connectivity index (χ1v) is 5.77. The second-order valence-electron chi connectivity index (χ2n) is 4.00. The van der Waals surface area contributed by atoms with Crippen LogP contribution in [-0.2, 0) is 7.05 Å². The van der Waals surface area contributed by atoms with Gasteiger partial charge >= 0.3 is 5.97 Å². The molecule has 7 heteroatoms. The van der Waals surface area contributed by atoms with Gasteiger partial charge in [-0.2, -0.15) is 5.10 Å². The molecule has 19 heavy (non-hydrogen) atoms. The number of aryl methyl sites for hydroxylation is 1. The SMILES string of the molecule is Cn1nc(Cl)c2cccc(-c3cc(C(=O)O)on3)c21. The molecule has 0 saturated heterocycles. The number of rotatable bonds is 2. The molecule has 1 aromatic carbocycles. The van der Waals surface area contributed by atoms with Gasteiger partial charge in [0, 0.05) is 24.1 Å². The van der Waals surface area contributed by atoms with Gasteiger partial charge in [-0.25, -0.2) is 4.79 Å². The van der Waals surface area contributed by atoms with E-state index >= 15 is 0 Å². The van der Waals surface area contributed by atoms with E-state index in [2.05, 4.69) is 10.3 Å². The van der Waals surface area contributed by atoms with Crippen LogP contribution in [0, 0.1) is 0 Å². The number of carboxylic acids is 1. The van der Waals surface area contributed by atoms with Crippen molar-refractivity contribution in [2.45, 2.75) is 0 Å². The fourth-order valence-electron chi connectivity index (χ4n) is 2.00. The number of halogens is 1. The molecule has 0 atom stereocenters. The molecular weight excluding hydrogens is 270 g/mol. The van der Waals surface area contributed by atoms with Crippen LogP contribution in [0.25, 0.3) is 22.2 Å². The van der Waals surface area contributed by atoms with E-state index in [4.69, 9.17) is 21.2 Å². The smallest absolute Gasteiger partial charge is 0.374 e. The second kappa shape index (κ2) is 4.10. The Hall–Kier alpha value is -2.34. The Labute approximate surface area is 112 Å². The number of aromatic carboxylic acids is 1. The Balaban J connectivity index is 2.27. The van der Waals surface area contributed by atoms with E-state index in [-0.39, 0.29) is 5.76 Å². The first-order valence-electron chi connectivity index (χ1n) is 5.39. The molecule has 2 aromatic heterocycles. The number of aromatic nitrogens is 3. The van der Waals surface area contributed by atoms with Crippen molar-refractivity contribution in [1.82, 2.24) is 14.9 Å². The number of para-hydroxylation sites is 1. The molecule has 0 radical (unpaired) electrons. The lowest BCUT2D eigenvalue weighted by Crippen LogP contribution is -1.92. The van der Waals surface area contributed by atoms with Crippen molar-refractivity contribution < 1.29 is 14.4 Å². The highest BCUT2D eigenvalue weighted by Crippen LogP contribution is 2.31. The zero-order valence-corrected chi connectivity index (χ0v) is 10.5. The maximum Gasteiger partial charge on any atom is 0.374 e. The Morgan fingerprint density at radius 2 is 2.26 bits per heavy atom. The zero-order chi connectivity index (χ0) is 13.6. The molecule has 0 bridgehead atoms. The lowest BCUT2D eigenvalue weighted by Gasteiger charge is -2.00. The van der Waals surface area contributed by atoms with Gasteiger partial charge in [0.2, 0.25) is 5.76 Å². The van der Waals surface area contributed by atoms with Crippen molar-refractivity contribution in [1.29, 1.82) is 0 Å². The summed E-state index contributed by atoms with van der Waals surface area (Å²) in [6.45, 7) is 0. The van der Waals surface area contributed by atoms with E-state index < -0.39 is 5.97 Å². The molecule has 0 aliphatic rings. The van der Waals surface area contributed by atoms with Crippen LogP contribution in [0.5, 0.6) is 0 Å². The Kier molecular flexibility index (Phi) is 2.53. The maximum absolute atomic E-state index is 10.8. The molecule has 0 spiro atoms. The maximum atomic E-state index is 10.8. The van der Waals surface area contributed by atoms with Crippen molar-refractivity contribution in [3.8, 4) is 11.3 Å². The lowest BCUT2D eigenvalue weighted by molar-refractivity contribution is 0.0652. The molecule has 3 aromatic rings. The summed E-state index contributed by atoms with van der Waals surface area (Å²) in [7, 11) is 1.76. The number of hydrogen-bond donors (Lipinski definition) is 1. The van der Waals surface area contributed by atoms with E-state index in [1.54, 1.807) is 17.8 Å². The number of carboxylic acid groups (broad SMARTS) is 1. The van der Waals surface area contributed by atoms with Gasteiger partial charge in [-0.05, 0) is 6.07 Å². The largest absolute Gasteiger partial charge is 0.475 e. The van der Waals surface area contributed by atoms with Crippen LogP contribution >= 0.6 is 11.6 Å². The van der Waals surface area contributed by atoms with Crippen LogP contribution in [0.1, 0.15) is 10.6 Å². The van der Waals surface area contributed by atoms with E-state index in [1.165, 1.54) is 6.07 Å². The van der Waals surface area contributed by atoms with Gasteiger partial charge in [0.1, 0.15) is 5.69 Å². The third-order valence-electron chi connectivity index (χ3n) is 2.82. The summed E-state index contributed by atoms with van der Waals surface area (Å²) in [6, 6.07) is 6.83. The van der Waals surface area contributed by atoms with Crippen LogP contribution in [0.3, 0.4) is 0 Å². The monoisotopic (exact) mass is 277 g/mol. The van der Waals surface area contributed by atoms with Gasteiger partial charge in [0.25, 0.3) is 0 Å². The van der Waals surface area contributed by atoms with E-state index in [9.17, 15) is 4.79 Å². The number of benzene rings is 1. The minimum atomic E-state index is -1.16. The summed E-state index contributed by atoms with van der Waals surface area (Å²) in [4.78, 5) is 10.8. The molecule has 0 fully saturated rings. The number of fused-ring (bicyclic) bond motifs is 1. The minimum Gasteiger partial charge on any atom is -0.475 e. The van der Waals surface area contributed by atoms with Crippen molar-refractivity contribution in [2.75, 3.05) is 0 Å². The summed E-state index contributed by atoms with van der Waals surface area (Å²) >= 11 is 6.02. The zero-order valence-electron chi connectivity index (χ0n) is 9.79. The van der Waals surface area contributed by atoms with Gasteiger partial charge in [-0.3, -0.25) is 4.68 Å². The highest BCUT2D eigenvalue weighted by atomic mass is 35.5. The van der Waals surface area contributed by atoms with Crippen LogP contribution in [-0.4, -0.2) is 26.0 Å². The van der Waals surface area contributed by atoms with Crippen molar-refractivity contribution >= 4 is 28.5 Å². The molecule has 96 valence electrons. The number of hydrogen-bond acceptors (Lipinski definition) is 4. The van der Waals surface area contributed by atoms with Gasteiger partial charge in [0.05, 0.1) is 5.52 Å². The third kappa shape index (κ3) is 1.77. The first-order chi connectivity index (χ1) is 9.08. The normalized spacial score (nSPS) is 11.1. The Morgan fingerprint density at radius 1 is 1.47 bits per heavy atom. The third-order valence-corrected chi connectivity index (χ3v) is 3.10. The molecule has 0 aliphatic carbocycles. The molecule has 2 heterocycles. The summed E-state index contributed by atoms with van der Waals surface area (Å²) in [5.41, 5.74) is 1.93. The first kappa shape index (κ1) is 11.7. The molecule has 0 aliphatic heterocycles. The fraction of sp³-hybridized carbons (Fsp3) is 0.0833. The standard InChI is InChI=1S/C12H8ClN3O3/c1-16-10-6(3-2-4-7(10)11(13)14-16)8-5-9(12(17)18)19-15-8/h2-5H,1H3,(H,17,18). The van der Waals surface area contributed by atoms with Crippen LogP contribution < -0.4 is 0 Å². The van der Waals surface area contributed by atoms with Gasteiger partial charge in [0.15, 0.2) is 5.15 Å². The van der Waals surface area contributed by atoms with Crippen molar-refractivity contribution in [2.24, 2.45) is 7.05 Å². The summed E-state index contributed by atoms with van der Waals surface area (Å²) in [5.74, 6) is -1.37. The van der Waals surface area contributed by atoms with Gasteiger partial charge in [-0.15, -0.1) is 0 Å². The average Bonchev–Trinajstić information content (AvgIpc) is 2.96. The molecule has 0 unspecified atom stereocenters. The van der Waals surface area contributed by atoms with Crippen LogP contribution in [0.15, 0.2) is 28.8 Å². The highest BCUT2D eigenvalue weighted by Gasteiger charge is 2.17. The highest BCUT2D eigenvalue weighted by molar-refractivity contribution is 6.34. The van der Waals surface area contributed by atoms with Crippen LogP contribution in [0.4, 0.5) is 0 Å². The van der Waals surface area contributed by atoms with Crippen LogP contribution in [0.2, 0.25) is 5.15 Å². The van der Waals surface area contributed by atoms with Gasteiger partial charge in [-0.1, -0.05) is 28.9 Å². The minimum absolute atomic E-state index is 0.208. The predicted molar refractivity (Wildman–Crippen MR) is 68.2 cm³/mol. The van der Waals surface area contributed by atoms with Gasteiger partial charge < -0.3 is 9.63 Å². The average molecular weight is 278 g/mol. The number of carbonyl (C=O) groups is 1. The molecule has 0 saturated carbocycles. The molecular formula is C12H8ClN3O3. The summed E-state index contributed by atoms with van der Waals surface area (Å²) < 4.78 is 6.39. The van der Waals surface area contributed by atoms with Crippen molar-refractivity contribution in [3.05, 3.63) is 35.2 Å². The van der Waals surface area contributed by atoms with E-state index in [1.807, 2.05) is 12.1 Å². The Bertz CT molecular complexity index is 791. The molecule has 3 rings (SSSR count). The lowest BCUT2D eigenvalue weighted by atomic mass is 10.1. The molecule has 1 N–H and O–H groups in total. The topological polar surface area (TPSA) is 81.2 Å².